The van der Waals surface area contributed by atoms with Crippen LogP contribution in [0, 0.1) is 41.4 Å². The summed E-state index contributed by atoms with van der Waals surface area (Å²) in [6.07, 6.45) is 30.9. The minimum absolute atomic E-state index is 0.862. The molecule has 0 aliphatic heterocycles. The first-order valence-corrected chi connectivity index (χ1v) is 16.9. The second-order valence-electron chi connectivity index (χ2n) is 13.6. The summed E-state index contributed by atoms with van der Waals surface area (Å²) in [4.78, 5) is 0. The Kier molecular flexibility index (Phi) is 19.8. The van der Waals surface area contributed by atoms with Gasteiger partial charge >= 0.3 is 0 Å². The highest BCUT2D eigenvalue weighted by Crippen LogP contribution is 2.54. The quantitative estimate of drug-likeness (QED) is 0.118. The van der Waals surface area contributed by atoms with E-state index in [2.05, 4.69) is 48.5 Å². The predicted octanol–water partition coefficient (Wildman–Crippen LogP) is 12.6. The fraction of sp³-hybridized carbons (Fsp3) is 1.00. The fourth-order valence-electron chi connectivity index (χ4n) is 7.44. The van der Waals surface area contributed by atoms with E-state index in [0.717, 1.165) is 41.4 Å². The minimum Gasteiger partial charge on any atom is -0.0654 e. The molecule has 0 aromatic heterocycles. The molecule has 1 saturated carbocycles. The van der Waals surface area contributed by atoms with E-state index in [1.54, 1.807) is 6.42 Å². The van der Waals surface area contributed by atoms with Gasteiger partial charge in [-0.3, -0.25) is 0 Å². The molecule has 0 nitrogen and oxygen atoms in total. The molecule has 0 saturated heterocycles. The maximum Gasteiger partial charge on any atom is -0.0326 e. The first kappa shape index (κ1) is 33.0. The van der Waals surface area contributed by atoms with Crippen molar-refractivity contribution in [3.05, 3.63) is 0 Å². The van der Waals surface area contributed by atoms with Crippen LogP contribution in [0.25, 0.3) is 0 Å². The third kappa shape index (κ3) is 14.5. The van der Waals surface area contributed by atoms with Crippen molar-refractivity contribution in [2.45, 2.75) is 183 Å². The van der Waals surface area contributed by atoms with Gasteiger partial charge < -0.3 is 0 Å². The summed E-state index contributed by atoms with van der Waals surface area (Å²) in [5.41, 5.74) is 0. The van der Waals surface area contributed by atoms with E-state index in [0.29, 0.717) is 0 Å². The van der Waals surface area contributed by atoms with Crippen LogP contribution in [-0.4, -0.2) is 0 Å². The smallest absolute Gasteiger partial charge is 0.0326 e. The molecule has 0 radical (unpaired) electrons. The van der Waals surface area contributed by atoms with Crippen LogP contribution in [0.3, 0.4) is 0 Å². The Morgan fingerprint density at radius 1 is 0.514 bits per heavy atom. The summed E-state index contributed by atoms with van der Waals surface area (Å²) in [5.74, 6) is 6.73. The maximum atomic E-state index is 2.64. The van der Waals surface area contributed by atoms with Crippen molar-refractivity contribution in [2.75, 3.05) is 0 Å². The molecule has 0 spiro atoms. The van der Waals surface area contributed by atoms with Crippen molar-refractivity contribution in [1.29, 1.82) is 0 Å². The average Bonchev–Trinajstić information content (AvgIpc) is 2.78. The summed E-state index contributed by atoms with van der Waals surface area (Å²) in [5, 5.41) is 0. The van der Waals surface area contributed by atoms with Crippen LogP contribution in [0.1, 0.15) is 183 Å². The minimum atomic E-state index is 0.862. The highest BCUT2D eigenvalue weighted by atomic mass is 14.5. The number of hydrogen-bond acceptors (Lipinski definition) is 0. The lowest BCUT2D eigenvalue weighted by Gasteiger charge is -2.54. The summed E-state index contributed by atoms with van der Waals surface area (Å²) in [7, 11) is 0. The molecule has 0 aromatic carbocycles. The van der Waals surface area contributed by atoms with E-state index < -0.39 is 0 Å². The molecule has 35 heavy (non-hydrogen) atoms. The van der Waals surface area contributed by atoms with Gasteiger partial charge in [-0.15, -0.1) is 0 Å². The second-order valence-corrected chi connectivity index (χ2v) is 13.6. The van der Waals surface area contributed by atoms with Gasteiger partial charge in [0.15, 0.2) is 0 Å². The predicted molar refractivity (Wildman–Crippen MR) is 161 cm³/mol. The lowest BCUT2D eigenvalue weighted by Crippen LogP contribution is -2.47. The topological polar surface area (TPSA) is 0 Å². The zero-order valence-electron chi connectivity index (χ0n) is 25.9. The van der Waals surface area contributed by atoms with Gasteiger partial charge in [-0.25, -0.2) is 0 Å². The molecule has 0 heterocycles. The normalized spacial score (nSPS) is 22.0. The van der Waals surface area contributed by atoms with Gasteiger partial charge in [-0.1, -0.05) is 170 Å². The molecule has 5 atom stereocenters. The first-order valence-electron chi connectivity index (χ1n) is 16.9. The van der Waals surface area contributed by atoms with E-state index in [4.69, 9.17) is 0 Å². The van der Waals surface area contributed by atoms with Gasteiger partial charge in [0.1, 0.15) is 0 Å². The summed E-state index contributed by atoms with van der Waals surface area (Å²) >= 11 is 0. The van der Waals surface area contributed by atoms with E-state index >= 15 is 0 Å². The Bertz CT molecular complexity index is 449. The van der Waals surface area contributed by atoms with E-state index in [1.165, 1.54) is 128 Å². The monoisotopic (exact) mass is 491 g/mol. The fourth-order valence-corrected chi connectivity index (χ4v) is 7.44. The van der Waals surface area contributed by atoms with Crippen LogP contribution in [0.5, 0.6) is 0 Å². The average molecular weight is 491 g/mol. The molecule has 1 rings (SSSR count). The second kappa shape index (κ2) is 21.0. The molecule has 1 aliphatic carbocycles. The van der Waals surface area contributed by atoms with Crippen molar-refractivity contribution in [2.24, 2.45) is 41.4 Å². The van der Waals surface area contributed by atoms with Crippen molar-refractivity contribution in [1.82, 2.24) is 0 Å². The molecular formula is C35H70. The molecule has 210 valence electrons. The van der Waals surface area contributed by atoms with Crippen molar-refractivity contribution >= 4 is 0 Å². The maximum absolute atomic E-state index is 2.64. The molecule has 1 fully saturated rings. The van der Waals surface area contributed by atoms with Gasteiger partial charge in [-0.2, -0.15) is 0 Å². The Hall–Kier alpha value is 0. The van der Waals surface area contributed by atoms with Crippen LogP contribution in [0.15, 0.2) is 0 Å². The van der Waals surface area contributed by atoms with Crippen LogP contribution >= 0.6 is 0 Å². The molecule has 1 aliphatic rings. The molecular weight excluding hydrogens is 420 g/mol. The van der Waals surface area contributed by atoms with E-state index in [1.807, 2.05) is 0 Å². The van der Waals surface area contributed by atoms with Crippen LogP contribution < -0.4 is 0 Å². The molecule has 0 bridgehead atoms. The van der Waals surface area contributed by atoms with E-state index in [-0.39, 0.29) is 0 Å². The van der Waals surface area contributed by atoms with Crippen LogP contribution in [0.4, 0.5) is 0 Å². The zero-order valence-corrected chi connectivity index (χ0v) is 25.9. The zero-order chi connectivity index (χ0) is 25.9. The molecule has 0 amide bonds. The summed E-state index contributed by atoms with van der Waals surface area (Å²) in [6, 6.07) is 0. The number of unbranched alkanes of at least 4 members (excludes halogenated alkanes) is 15. The van der Waals surface area contributed by atoms with Gasteiger partial charge in [0.2, 0.25) is 0 Å². The highest BCUT2D eigenvalue weighted by Gasteiger charge is 2.47. The standard InChI is InChI=1S/C35H70/c1-8-10-12-14-16-18-19-21-23-25-31(7)35-33(30(5)6)28-34(35)32(27-29(3)4)26-24-22-20-17-15-13-11-9-2/h29-35H,8-28H2,1-7H3. The van der Waals surface area contributed by atoms with E-state index in [9.17, 15) is 0 Å². The highest BCUT2D eigenvalue weighted by molar-refractivity contribution is 4.96. The molecule has 0 aromatic rings. The molecule has 0 N–H and O–H groups in total. The van der Waals surface area contributed by atoms with Crippen molar-refractivity contribution in [3.8, 4) is 0 Å². The largest absolute Gasteiger partial charge is 0.0654 e. The molecule has 0 heteroatoms. The third-order valence-electron chi connectivity index (χ3n) is 9.62. The Morgan fingerprint density at radius 3 is 1.37 bits per heavy atom. The summed E-state index contributed by atoms with van der Waals surface area (Å²) in [6.45, 7) is 17.2. The van der Waals surface area contributed by atoms with Gasteiger partial charge in [0, 0.05) is 0 Å². The van der Waals surface area contributed by atoms with Crippen LogP contribution in [0.2, 0.25) is 0 Å². The Balaban J connectivity index is 2.43. The number of hydrogen-bond donors (Lipinski definition) is 0. The SMILES string of the molecule is CCCCCCCCCCCC(C)C1C(C(C)C)CC1C(CCCCCCCCCC)CC(C)C. The van der Waals surface area contributed by atoms with Crippen molar-refractivity contribution < 1.29 is 0 Å². The van der Waals surface area contributed by atoms with Gasteiger partial charge in [0.05, 0.1) is 0 Å². The van der Waals surface area contributed by atoms with Gasteiger partial charge in [0.25, 0.3) is 0 Å². The first-order chi connectivity index (χ1) is 16.9. The number of rotatable bonds is 24. The molecule has 5 unspecified atom stereocenters. The third-order valence-corrected chi connectivity index (χ3v) is 9.62. The van der Waals surface area contributed by atoms with Crippen LogP contribution in [-0.2, 0) is 0 Å². The Labute approximate surface area is 224 Å². The lowest BCUT2D eigenvalue weighted by atomic mass is 9.51. The Morgan fingerprint density at radius 2 is 0.943 bits per heavy atom. The van der Waals surface area contributed by atoms with Gasteiger partial charge in [-0.05, 0) is 54.3 Å². The van der Waals surface area contributed by atoms with Crippen molar-refractivity contribution in [3.63, 3.8) is 0 Å². The lowest BCUT2D eigenvalue weighted by molar-refractivity contribution is -0.0504. The summed E-state index contributed by atoms with van der Waals surface area (Å²) < 4.78 is 0.